The van der Waals surface area contributed by atoms with Crippen molar-refractivity contribution < 1.29 is 20.3 Å². The third kappa shape index (κ3) is 2.92. The molecule has 1 aromatic rings. The molecule has 2 rings (SSSR count). The topological polar surface area (TPSA) is 109 Å². The van der Waals surface area contributed by atoms with Crippen molar-refractivity contribution in [3.63, 3.8) is 0 Å². The van der Waals surface area contributed by atoms with E-state index in [1.165, 1.54) is 0 Å². The number of benzene rings is 1. The van der Waals surface area contributed by atoms with Gasteiger partial charge in [0, 0.05) is 13.0 Å². The lowest BCUT2D eigenvalue weighted by Gasteiger charge is -2.32. The lowest BCUT2D eigenvalue weighted by Crippen LogP contribution is -2.52. The Bertz CT molecular complexity index is 505. The van der Waals surface area contributed by atoms with Crippen LogP contribution in [-0.4, -0.2) is 34.0 Å². The number of carboxylic acids is 1. The summed E-state index contributed by atoms with van der Waals surface area (Å²) in [5.74, 6) is -0.863. The van der Waals surface area contributed by atoms with E-state index in [1.807, 2.05) is 0 Å². The van der Waals surface area contributed by atoms with Crippen LogP contribution in [0, 0.1) is 0 Å². The maximum atomic E-state index is 10.4. The number of hydrazine groups is 1. The maximum absolute atomic E-state index is 10.4. The summed E-state index contributed by atoms with van der Waals surface area (Å²) in [4.78, 5) is 14.4. The fraction of sp³-hybridized carbons (Fsp3) is 0.273. The molecule has 1 aliphatic rings. The SMILES string of the molecule is O=C(O)CCCN=C1NN(O)c2ccccc2N1O. The number of carboxylic acid groups (broad SMARTS) is 1. The van der Waals surface area contributed by atoms with Gasteiger partial charge in [-0.2, -0.15) is 10.2 Å². The number of aliphatic imine (C=N–C) groups is 1. The molecule has 8 heteroatoms. The van der Waals surface area contributed by atoms with Crippen LogP contribution in [-0.2, 0) is 4.79 Å². The van der Waals surface area contributed by atoms with Gasteiger partial charge in [0.05, 0.1) is 0 Å². The average molecular weight is 266 g/mol. The number of guanidine groups is 1. The predicted octanol–water partition coefficient (Wildman–Crippen LogP) is 0.817. The fourth-order valence-corrected chi connectivity index (χ4v) is 1.66. The van der Waals surface area contributed by atoms with Gasteiger partial charge in [0.2, 0.25) is 5.96 Å². The molecule has 0 bridgehead atoms. The first-order valence-electron chi connectivity index (χ1n) is 5.69. The van der Waals surface area contributed by atoms with Gasteiger partial charge in [-0.3, -0.25) is 15.2 Å². The number of fused-ring (bicyclic) bond motifs is 1. The van der Waals surface area contributed by atoms with Crippen molar-refractivity contribution >= 4 is 23.3 Å². The molecular formula is C11H14N4O4. The molecule has 0 amide bonds. The summed E-state index contributed by atoms with van der Waals surface area (Å²) >= 11 is 0. The highest BCUT2D eigenvalue weighted by atomic mass is 16.6. The molecule has 0 spiro atoms. The molecule has 1 heterocycles. The first-order chi connectivity index (χ1) is 9.09. The highest BCUT2D eigenvalue weighted by Gasteiger charge is 2.25. The van der Waals surface area contributed by atoms with E-state index in [0.29, 0.717) is 17.8 Å². The molecule has 0 saturated heterocycles. The van der Waals surface area contributed by atoms with E-state index in [4.69, 9.17) is 5.11 Å². The van der Waals surface area contributed by atoms with Crippen molar-refractivity contribution in [1.29, 1.82) is 0 Å². The first-order valence-corrected chi connectivity index (χ1v) is 5.69. The van der Waals surface area contributed by atoms with Gasteiger partial charge in [0.1, 0.15) is 11.4 Å². The number of hydroxylamine groups is 1. The van der Waals surface area contributed by atoms with Crippen LogP contribution in [0.15, 0.2) is 29.3 Å². The highest BCUT2D eigenvalue weighted by molar-refractivity contribution is 6.00. The predicted molar refractivity (Wildman–Crippen MR) is 67.3 cm³/mol. The number of aliphatic carboxylic acids is 1. The first kappa shape index (κ1) is 13.1. The smallest absolute Gasteiger partial charge is 0.303 e. The van der Waals surface area contributed by atoms with Crippen LogP contribution in [0.2, 0.25) is 0 Å². The standard InChI is InChI=1S/C11H14N4O4/c16-10(17)6-3-7-12-11-13-15(19)9-5-2-1-4-8(9)14(11)18/h1-2,4-5,18-19H,3,6-7H2,(H,12,13)(H,16,17). The van der Waals surface area contributed by atoms with Crippen LogP contribution in [0.4, 0.5) is 11.4 Å². The number of rotatable bonds is 4. The van der Waals surface area contributed by atoms with Crippen molar-refractivity contribution in [2.75, 3.05) is 16.8 Å². The summed E-state index contributed by atoms with van der Waals surface area (Å²) in [5.41, 5.74) is 3.24. The average Bonchev–Trinajstić information content (AvgIpc) is 2.40. The zero-order chi connectivity index (χ0) is 13.8. The summed E-state index contributed by atoms with van der Waals surface area (Å²) in [5, 5.41) is 29.7. The maximum Gasteiger partial charge on any atom is 0.303 e. The van der Waals surface area contributed by atoms with E-state index in [2.05, 4.69) is 10.4 Å². The van der Waals surface area contributed by atoms with E-state index in [-0.39, 0.29) is 18.9 Å². The Morgan fingerprint density at radius 3 is 2.63 bits per heavy atom. The van der Waals surface area contributed by atoms with Crippen molar-refractivity contribution in [2.45, 2.75) is 12.8 Å². The van der Waals surface area contributed by atoms with Crippen molar-refractivity contribution in [1.82, 2.24) is 5.43 Å². The zero-order valence-electron chi connectivity index (χ0n) is 10.0. The third-order valence-corrected chi connectivity index (χ3v) is 2.55. The Morgan fingerprint density at radius 1 is 1.26 bits per heavy atom. The van der Waals surface area contributed by atoms with Gasteiger partial charge in [0.15, 0.2) is 0 Å². The van der Waals surface area contributed by atoms with Crippen LogP contribution in [0.1, 0.15) is 12.8 Å². The lowest BCUT2D eigenvalue weighted by atomic mass is 10.2. The van der Waals surface area contributed by atoms with Crippen LogP contribution in [0.5, 0.6) is 0 Å². The van der Waals surface area contributed by atoms with Crippen LogP contribution in [0.25, 0.3) is 0 Å². The Kier molecular flexibility index (Phi) is 3.83. The minimum Gasteiger partial charge on any atom is -0.481 e. The number of para-hydroxylation sites is 2. The van der Waals surface area contributed by atoms with Gasteiger partial charge < -0.3 is 5.11 Å². The van der Waals surface area contributed by atoms with E-state index in [9.17, 15) is 15.2 Å². The van der Waals surface area contributed by atoms with Crippen molar-refractivity contribution in [2.24, 2.45) is 4.99 Å². The van der Waals surface area contributed by atoms with Gasteiger partial charge in [-0.1, -0.05) is 12.1 Å². The van der Waals surface area contributed by atoms with Gasteiger partial charge >= 0.3 is 5.97 Å². The van der Waals surface area contributed by atoms with Gasteiger partial charge in [-0.25, -0.2) is 10.4 Å². The molecular weight excluding hydrogens is 252 g/mol. The summed E-state index contributed by atoms with van der Waals surface area (Å²) in [6.07, 6.45) is 0.350. The molecule has 19 heavy (non-hydrogen) atoms. The Hall–Kier alpha value is -2.32. The van der Waals surface area contributed by atoms with E-state index >= 15 is 0 Å². The van der Waals surface area contributed by atoms with Crippen LogP contribution in [0.3, 0.4) is 0 Å². The molecule has 0 aromatic heterocycles. The van der Waals surface area contributed by atoms with Gasteiger partial charge in [-0.15, -0.1) is 0 Å². The number of nitrogens with zero attached hydrogens (tertiary/aromatic N) is 3. The molecule has 1 aromatic carbocycles. The van der Waals surface area contributed by atoms with Crippen molar-refractivity contribution in [3.05, 3.63) is 24.3 Å². The molecule has 8 nitrogen and oxygen atoms in total. The molecule has 0 aliphatic carbocycles. The number of carbonyl (C=O) groups is 1. The van der Waals surface area contributed by atoms with Crippen LogP contribution >= 0.6 is 0 Å². The second-order valence-corrected chi connectivity index (χ2v) is 3.93. The molecule has 0 atom stereocenters. The number of hydrogen-bond donors (Lipinski definition) is 4. The minimum absolute atomic E-state index is 0.00162. The number of anilines is 2. The molecule has 102 valence electrons. The van der Waals surface area contributed by atoms with Gasteiger partial charge in [-0.05, 0) is 18.6 Å². The van der Waals surface area contributed by atoms with Crippen molar-refractivity contribution in [3.8, 4) is 0 Å². The molecule has 1 aliphatic heterocycles. The zero-order valence-corrected chi connectivity index (χ0v) is 10.0. The Morgan fingerprint density at radius 2 is 1.95 bits per heavy atom. The normalized spacial score (nSPS) is 16.2. The summed E-state index contributed by atoms with van der Waals surface area (Å²) < 4.78 is 0. The number of nitrogens with one attached hydrogen (secondary N) is 1. The second-order valence-electron chi connectivity index (χ2n) is 3.93. The quantitative estimate of drug-likeness (QED) is 0.597. The summed E-state index contributed by atoms with van der Waals surface area (Å²) in [6.45, 7) is 0.224. The van der Waals surface area contributed by atoms with Crippen LogP contribution < -0.4 is 15.7 Å². The molecule has 4 N–H and O–H groups in total. The third-order valence-electron chi connectivity index (χ3n) is 2.55. The Balaban J connectivity index is 2.09. The molecule has 0 saturated carbocycles. The molecule has 0 unspecified atom stereocenters. The van der Waals surface area contributed by atoms with E-state index in [1.54, 1.807) is 24.3 Å². The Labute approximate surface area is 109 Å². The second kappa shape index (κ2) is 5.55. The van der Waals surface area contributed by atoms with Gasteiger partial charge in [0.25, 0.3) is 0 Å². The molecule has 0 radical (unpaired) electrons. The largest absolute Gasteiger partial charge is 0.481 e. The summed E-state index contributed by atoms with van der Waals surface area (Å²) in [7, 11) is 0. The number of hydrogen-bond acceptors (Lipinski definition) is 5. The monoisotopic (exact) mass is 266 g/mol. The fourth-order valence-electron chi connectivity index (χ4n) is 1.66. The minimum atomic E-state index is -0.896. The van der Waals surface area contributed by atoms with E-state index in [0.717, 1.165) is 10.2 Å². The molecule has 0 fully saturated rings. The summed E-state index contributed by atoms with van der Waals surface area (Å²) in [6, 6.07) is 6.66. The lowest BCUT2D eigenvalue weighted by molar-refractivity contribution is -0.137. The van der Waals surface area contributed by atoms with E-state index < -0.39 is 5.97 Å². The highest BCUT2D eigenvalue weighted by Crippen LogP contribution is 2.29.